The van der Waals surface area contributed by atoms with Crippen LogP contribution in [0.4, 0.5) is 0 Å². The zero-order valence-electron chi connectivity index (χ0n) is 70.6. The van der Waals surface area contributed by atoms with Gasteiger partial charge in [0.1, 0.15) is 34.0 Å². The summed E-state index contributed by atoms with van der Waals surface area (Å²) in [5.74, 6) is 0.752. The van der Waals surface area contributed by atoms with Gasteiger partial charge in [0.25, 0.3) is 0 Å². The molecule has 0 unspecified atom stereocenters. The summed E-state index contributed by atoms with van der Waals surface area (Å²) in [6.45, 7) is 31.5. The lowest BCUT2D eigenvalue weighted by Gasteiger charge is -2.24. The van der Waals surface area contributed by atoms with Crippen LogP contribution in [0, 0.1) is 13.8 Å². The maximum atomic E-state index is 6.54. The summed E-state index contributed by atoms with van der Waals surface area (Å²) in [6, 6.07) is 115. The van der Waals surface area contributed by atoms with Gasteiger partial charge in [-0.2, -0.15) is 0 Å². The Kier molecular flexibility index (Phi) is 19.8. The molecule has 15 aromatic carbocycles. The van der Waals surface area contributed by atoms with E-state index in [4.69, 9.17) is 34.6 Å². The van der Waals surface area contributed by atoms with Gasteiger partial charge in [-0.25, -0.2) is 29.9 Å². The molecule has 0 atom stereocenters. The molecule has 0 aliphatic rings. The van der Waals surface area contributed by atoms with Crippen molar-refractivity contribution >= 4 is 78.6 Å². The predicted octanol–water partition coefficient (Wildman–Crippen LogP) is 28.1. The summed E-state index contributed by atoms with van der Waals surface area (Å²) in [5, 5.41) is 6.39. The highest BCUT2D eigenvalue weighted by Crippen LogP contribution is 2.51. The van der Waals surface area contributed by atoms with E-state index in [1.165, 1.54) is 22.3 Å². The lowest BCUT2D eigenvalue weighted by Crippen LogP contribution is -2.26. The molecule has 7 nitrogen and oxygen atoms in total. The van der Waals surface area contributed by atoms with E-state index < -0.39 is 7.92 Å². The van der Waals surface area contributed by atoms with E-state index in [0.717, 1.165) is 154 Å². The molecule has 18 aromatic rings. The number of benzene rings is 15. The third kappa shape index (κ3) is 14.8. The standard InChI is InChI=1S/C111H97N6OP/c1-68-33-37-72(38-34-68)86-61-62-87(73-39-35-69(2)36-40-73)97-96(86)112-102(93-60-50-70-25-22-23-31-85(70)95(93)92-32-24-26-71-49-59-82(118-15)67-94(71)92)103(113-97)104-105(115-99-89(75-43-53-79(54-44-75)109(6,7)8)64-63-88(98(99)114-104)74-41-51-78(52-42-74)108(3,4)5)106-107(119(83-27-18-16-19-28-83)84-29-20-17-21-30-84)117-101-91(77-47-57-81(58-48-77)111(12,13)14)66-65-90(100(101)116-106)76-45-55-80(56-46-76)110(9,10)11/h16-67H,1-15H3. The molecule has 0 fully saturated rings. The number of ether oxygens (including phenoxy) is 1. The van der Waals surface area contributed by atoms with E-state index >= 15 is 0 Å². The lowest BCUT2D eigenvalue weighted by atomic mass is 9.85. The molecule has 0 N–H and O–H groups in total. The van der Waals surface area contributed by atoms with Crippen LogP contribution in [0.1, 0.15) is 116 Å². The van der Waals surface area contributed by atoms with Crippen LogP contribution in [0.2, 0.25) is 0 Å². The van der Waals surface area contributed by atoms with E-state index in [2.05, 4.69) is 406 Å². The Bertz CT molecular complexity index is 6900. The fraction of sp³-hybridized carbons (Fsp3) is 0.171. The van der Waals surface area contributed by atoms with Crippen molar-refractivity contribution in [2.45, 2.75) is 119 Å². The number of hydrogen-bond acceptors (Lipinski definition) is 7. The highest BCUT2D eigenvalue weighted by Gasteiger charge is 2.34. The molecular formula is C111H97N6OP. The van der Waals surface area contributed by atoms with Crippen molar-refractivity contribution in [1.82, 2.24) is 29.9 Å². The maximum absolute atomic E-state index is 6.54. The second-order valence-corrected chi connectivity index (χ2v) is 38.1. The van der Waals surface area contributed by atoms with Crippen molar-refractivity contribution in [3.8, 4) is 118 Å². The Morgan fingerprint density at radius 3 is 0.933 bits per heavy atom. The van der Waals surface area contributed by atoms with Gasteiger partial charge in [-0.05, 0) is 147 Å². The van der Waals surface area contributed by atoms with E-state index in [1.807, 2.05) is 6.07 Å². The first kappa shape index (κ1) is 77.3. The predicted molar refractivity (Wildman–Crippen MR) is 505 cm³/mol. The van der Waals surface area contributed by atoms with Gasteiger partial charge in [-0.1, -0.05) is 398 Å². The summed E-state index contributed by atoms with van der Waals surface area (Å²) >= 11 is 0. The number of methoxy groups -OCH3 is 1. The molecule has 0 aliphatic carbocycles. The van der Waals surface area contributed by atoms with Gasteiger partial charge in [0.2, 0.25) is 0 Å². The van der Waals surface area contributed by atoms with Crippen LogP contribution in [-0.2, 0) is 21.7 Å². The van der Waals surface area contributed by atoms with Gasteiger partial charge < -0.3 is 4.74 Å². The van der Waals surface area contributed by atoms with Gasteiger partial charge in [-0.15, -0.1) is 0 Å². The van der Waals surface area contributed by atoms with Gasteiger partial charge in [0.05, 0.1) is 45.9 Å². The number of aromatic nitrogens is 6. The van der Waals surface area contributed by atoms with E-state index in [1.54, 1.807) is 7.11 Å². The fourth-order valence-electron chi connectivity index (χ4n) is 16.8. The molecule has 0 saturated heterocycles. The summed E-state index contributed by atoms with van der Waals surface area (Å²) in [6.07, 6.45) is 0. The largest absolute Gasteiger partial charge is 0.497 e. The topological polar surface area (TPSA) is 86.6 Å². The minimum absolute atomic E-state index is 0.0838. The van der Waals surface area contributed by atoms with Crippen molar-refractivity contribution in [3.63, 3.8) is 0 Å². The van der Waals surface area contributed by atoms with Crippen LogP contribution in [0.3, 0.4) is 0 Å². The Labute approximate surface area is 700 Å². The zero-order chi connectivity index (χ0) is 82.4. The van der Waals surface area contributed by atoms with Crippen LogP contribution in [0.15, 0.2) is 315 Å². The average Bonchev–Trinajstić information content (AvgIpc) is 0.716. The first-order chi connectivity index (χ1) is 57.3. The van der Waals surface area contributed by atoms with Crippen LogP contribution >= 0.6 is 7.92 Å². The molecule has 8 heteroatoms. The first-order valence-electron chi connectivity index (χ1n) is 41.4. The third-order valence-electron chi connectivity index (χ3n) is 23.7. The van der Waals surface area contributed by atoms with Crippen molar-refractivity contribution < 1.29 is 4.74 Å². The summed E-state index contributed by atoms with van der Waals surface area (Å²) in [7, 11) is 0.133. The molecule has 0 aliphatic heterocycles. The number of hydrogen-bond donors (Lipinski definition) is 0. The van der Waals surface area contributed by atoms with Crippen LogP contribution in [0.5, 0.6) is 5.75 Å². The quantitative estimate of drug-likeness (QED) is 0.100. The molecule has 0 spiro atoms. The first-order valence-corrected chi connectivity index (χ1v) is 42.8. The number of rotatable bonds is 14. The van der Waals surface area contributed by atoms with Crippen molar-refractivity contribution in [1.29, 1.82) is 0 Å². The molecule has 18 rings (SSSR count). The smallest absolute Gasteiger partial charge is 0.120 e. The lowest BCUT2D eigenvalue weighted by molar-refractivity contribution is 0.415. The maximum Gasteiger partial charge on any atom is 0.120 e. The summed E-state index contributed by atoms with van der Waals surface area (Å²) < 4.78 is 6.12. The highest BCUT2D eigenvalue weighted by atomic mass is 31.1. The van der Waals surface area contributed by atoms with Crippen LogP contribution < -0.4 is 20.8 Å². The number of aryl methyl sites for hydroxylation is 2. The summed E-state index contributed by atoms with van der Waals surface area (Å²) in [5.41, 5.74) is 29.0. The SMILES string of the molecule is COc1ccc2cccc(-c3c(-c4nc5c(-c6ccc(C)cc6)ccc(-c6ccc(C)cc6)c5nc4-c4nc5c(-c6ccc(C(C)(C)C)cc6)ccc(-c6ccc(C(C)(C)C)cc6)c5nc4-c4nc5c(-c6ccc(C(C)(C)C)cc6)ccc(-c6ccc(C(C)(C)C)cc6)c5nc4P(c4ccccc4)c4ccccc4)ccc4ccccc34)c2c1. The normalized spacial score (nSPS) is 12.2. The average molecular weight is 1560 g/mol. The van der Waals surface area contributed by atoms with Crippen LogP contribution in [0.25, 0.3) is 167 Å². The summed E-state index contributed by atoms with van der Waals surface area (Å²) in [4.78, 5) is 38.9. The molecule has 3 heterocycles. The molecule has 3 aromatic heterocycles. The molecule has 0 saturated carbocycles. The minimum atomic E-state index is -1.61. The Morgan fingerprint density at radius 1 is 0.244 bits per heavy atom. The molecule has 0 radical (unpaired) electrons. The Balaban J connectivity index is 1.09. The van der Waals surface area contributed by atoms with E-state index in [0.29, 0.717) is 45.0 Å². The van der Waals surface area contributed by atoms with Crippen molar-refractivity contribution in [3.05, 3.63) is 349 Å². The third-order valence-corrected chi connectivity index (χ3v) is 26.0. The van der Waals surface area contributed by atoms with Gasteiger partial charge in [0, 0.05) is 46.9 Å². The Hall–Kier alpha value is -12.9. The monoisotopic (exact) mass is 1560 g/mol. The van der Waals surface area contributed by atoms with Crippen molar-refractivity contribution in [2.24, 2.45) is 0 Å². The zero-order valence-corrected chi connectivity index (χ0v) is 71.5. The molecule has 0 bridgehead atoms. The van der Waals surface area contributed by atoms with Gasteiger partial charge >= 0.3 is 0 Å². The molecule has 0 amide bonds. The van der Waals surface area contributed by atoms with E-state index in [-0.39, 0.29) is 21.7 Å². The second kappa shape index (κ2) is 30.5. The van der Waals surface area contributed by atoms with Crippen molar-refractivity contribution in [2.75, 3.05) is 7.11 Å². The highest BCUT2D eigenvalue weighted by molar-refractivity contribution is 7.79. The molecular weight excluding hydrogens is 1460 g/mol. The Morgan fingerprint density at radius 2 is 0.546 bits per heavy atom. The molecule has 582 valence electrons. The number of fused-ring (bicyclic) bond motifs is 5. The van der Waals surface area contributed by atoms with Gasteiger partial charge in [-0.3, -0.25) is 0 Å². The fourth-order valence-corrected chi connectivity index (χ4v) is 19.1. The van der Waals surface area contributed by atoms with Crippen LogP contribution in [-0.4, -0.2) is 37.0 Å². The molecule has 119 heavy (non-hydrogen) atoms. The van der Waals surface area contributed by atoms with Gasteiger partial charge in [0.15, 0.2) is 0 Å². The minimum Gasteiger partial charge on any atom is -0.497 e. The van der Waals surface area contributed by atoms with E-state index in [9.17, 15) is 0 Å². The second-order valence-electron chi connectivity index (χ2n) is 36.0. The number of nitrogens with zero attached hydrogens (tertiary/aromatic N) is 6.